The highest BCUT2D eigenvalue weighted by Gasteiger charge is 2.28. The van der Waals surface area contributed by atoms with E-state index < -0.39 is 0 Å². The van der Waals surface area contributed by atoms with Crippen LogP contribution >= 0.6 is 0 Å². The Hall–Kier alpha value is -0.690. The van der Waals surface area contributed by atoms with E-state index in [0.29, 0.717) is 12.5 Å². The minimum Gasteiger partial charge on any atom is -0.340 e. The Bertz CT molecular complexity index is 438. The lowest BCUT2D eigenvalue weighted by Crippen LogP contribution is -2.49. The van der Waals surface area contributed by atoms with Crippen molar-refractivity contribution in [1.29, 1.82) is 0 Å². The molecular formula is C20H39N5O. The maximum atomic E-state index is 12.5. The Morgan fingerprint density at radius 2 is 1.65 bits per heavy atom. The van der Waals surface area contributed by atoms with Gasteiger partial charge in [0.2, 0.25) is 5.91 Å². The van der Waals surface area contributed by atoms with Gasteiger partial charge in [0.25, 0.3) is 0 Å². The monoisotopic (exact) mass is 365 g/mol. The third-order valence-corrected chi connectivity index (χ3v) is 6.54. The molecule has 3 aliphatic rings. The molecule has 0 saturated carbocycles. The summed E-state index contributed by atoms with van der Waals surface area (Å²) < 4.78 is 0. The SMILES string of the molecule is CN1CCC(N2CCCC(CNCC(=O)N3CCCN(C)CC3)C2)CC1. The number of carbonyl (C=O) groups is 1. The number of rotatable bonds is 5. The fourth-order valence-corrected chi connectivity index (χ4v) is 4.75. The minimum atomic E-state index is 0.281. The van der Waals surface area contributed by atoms with Gasteiger partial charge in [0, 0.05) is 32.2 Å². The molecule has 0 radical (unpaired) electrons. The topological polar surface area (TPSA) is 42.1 Å². The number of hydrogen-bond donors (Lipinski definition) is 1. The second-order valence-corrected chi connectivity index (χ2v) is 8.71. The van der Waals surface area contributed by atoms with Gasteiger partial charge in [-0.05, 0) is 84.8 Å². The Morgan fingerprint density at radius 1 is 0.885 bits per heavy atom. The summed E-state index contributed by atoms with van der Waals surface area (Å²) >= 11 is 0. The largest absolute Gasteiger partial charge is 0.340 e. The van der Waals surface area contributed by atoms with E-state index in [2.05, 4.69) is 34.1 Å². The van der Waals surface area contributed by atoms with Crippen molar-refractivity contribution in [3.05, 3.63) is 0 Å². The molecule has 3 heterocycles. The molecule has 3 aliphatic heterocycles. The van der Waals surface area contributed by atoms with Gasteiger partial charge in [-0.2, -0.15) is 0 Å². The first-order valence-corrected chi connectivity index (χ1v) is 10.7. The van der Waals surface area contributed by atoms with Gasteiger partial charge >= 0.3 is 0 Å². The van der Waals surface area contributed by atoms with Crippen LogP contribution in [-0.4, -0.2) is 111 Å². The number of likely N-dealkylation sites (tertiary alicyclic amines) is 2. The zero-order valence-electron chi connectivity index (χ0n) is 17.0. The van der Waals surface area contributed by atoms with Crippen molar-refractivity contribution >= 4 is 5.91 Å². The van der Waals surface area contributed by atoms with E-state index in [0.717, 1.165) is 45.2 Å². The van der Waals surface area contributed by atoms with E-state index in [1.807, 2.05) is 4.90 Å². The fraction of sp³-hybridized carbons (Fsp3) is 0.950. The lowest BCUT2D eigenvalue weighted by atomic mass is 9.94. The van der Waals surface area contributed by atoms with Crippen molar-refractivity contribution in [3.8, 4) is 0 Å². The number of nitrogens with one attached hydrogen (secondary N) is 1. The van der Waals surface area contributed by atoms with Crippen LogP contribution in [0.4, 0.5) is 0 Å². The number of likely N-dealkylation sites (N-methyl/N-ethyl adjacent to an activating group) is 1. The molecular weight excluding hydrogens is 326 g/mol. The van der Waals surface area contributed by atoms with Gasteiger partial charge in [0.1, 0.15) is 0 Å². The number of piperidine rings is 2. The molecule has 0 aliphatic carbocycles. The standard InChI is InChI=1S/C20H39N5O/c1-22-8-4-10-24(14-13-22)20(26)16-21-15-18-5-3-9-25(17-18)19-6-11-23(2)12-7-19/h18-19,21H,3-17H2,1-2H3. The van der Waals surface area contributed by atoms with Gasteiger partial charge < -0.3 is 20.0 Å². The Kier molecular flexibility index (Phi) is 7.73. The zero-order chi connectivity index (χ0) is 18.4. The molecule has 150 valence electrons. The first-order valence-electron chi connectivity index (χ1n) is 10.7. The van der Waals surface area contributed by atoms with Crippen molar-refractivity contribution in [1.82, 2.24) is 24.9 Å². The summed E-state index contributed by atoms with van der Waals surface area (Å²) in [5.41, 5.74) is 0. The maximum Gasteiger partial charge on any atom is 0.236 e. The van der Waals surface area contributed by atoms with Gasteiger partial charge in [-0.1, -0.05) is 0 Å². The van der Waals surface area contributed by atoms with Crippen LogP contribution in [0.2, 0.25) is 0 Å². The molecule has 6 nitrogen and oxygen atoms in total. The molecule has 0 spiro atoms. The summed E-state index contributed by atoms with van der Waals surface area (Å²) in [6, 6.07) is 0.782. The van der Waals surface area contributed by atoms with Crippen LogP contribution < -0.4 is 5.32 Å². The molecule has 3 rings (SSSR count). The third-order valence-electron chi connectivity index (χ3n) is 6.54. The number of carbonyl (C=O) groups excluding carboxylic acids is 1. The molecule has 0 aromatic heterocycles. The maximum absolute atomic E-state index is 12.5. The van der Waals surface area contributed by atoms with Crippen LogP contribution in [0.5, 0.6) is 0 Å². The van der Waals surface area contributed by atoms with E-state index in [-0.39, 0.29) is 5.91 Å². The predicted molar refractivity (Wildman–Crippen MR) is 106 cm³/mol. The van der Waals surface area contributed by atoms with Crippen LogP contribution in [-0.2, 0) is 4.79 Å². The van der Waals surface area contributed by atoms with E-state index >= 15 is 0 Å². The van der Waals surface area contributed by atoms with Crippen molar-refractivity contribution in [2.24, 2.45) is 5.92 Å². The molecule has 6 heteroatoms. The van der Waals surface area contributed by atoms with E-state index in [4.69, 9.17) is 0 Å². The highest BCUT2D eigenvalue weighted by atomic mass is 16.2. The average Bonchev–Trinajstić information content (AvgIpc) is 2.87. The molecule has 3 fully saturated rings. The summed E-state index contributed by atoms with van der Waals surface area (Å²) in [4.78, 5) is 22.0. The molecule has 1 N–H and O–H groups in total. The second-order valence-electron chi connectivity index (χ2n) is 8.71. The summed E-state index contributed by atoms with van der Waals surface area (Å²) in [7, 11) is 4.38. The molecule has 1 atom stereocenters. The second kappa shape index (κ2) is 10.0. The molecule has 0 bridgehead atoms. The zero-order valence-corrected chi connectivity index (χ0v) is 17.0. The summed E-state index contributed by atoms with van der Waals surface area (Å²) in [6.45, 7) is 10.4. The highest BCUT2D eigenvalue weighted by Crippen LogP contribution is 2.23. The molecule has 0 aromatic rings. The lowest BCUT2D eigenvalue weighted by Gasteiger charge is -2.41. The van der Waals surface area contributed by atoms with Gasteiger partial charge in [0.05, 0.1) is 6.54 Å². The van der Waals surface area contributed by atoms with E-state index in [9.17, 15) is 4.79 Å². The van der Waals surface area contributed by atoms with Gasteiger partial charge in [-0.25, -0.2) is 0 Å². The lowest BCUT2D eigenvalue weighted by molar-refractivity contribution is -0.130. The van der Waals surface area contributed by atoms with Crippen LogP contribution in [0.3, 0.4) is 0 Å². The fourth-order valence-electron chi connectivity index (χ4n) is 4.75. The normalized spacial score (nSPS) is 28.2. The van der Waals surface area contributed by atoms with Gasteiger partial charge in [0.15, 0.2) is 0 Å². The van der Waals surface area contributed by atoms with Crippen molar-refractivity contribution in [2.75, 3.05) is 79.5 Å². The van der Waals surface area contributed by atoms with E-state index in [1.54, 1.807) is 0 Å². The number of nitrogens with zero attached hydrogens (tertiary/aromatic N) is 4. The molecule has 26 heavy (non-hydrogen) atoms. The minimum absolute atomic E-state index is 0.281. The molecule has 1 amide bonds. The van der Waals surface area contributed by atoms with Crippen molar-refractivity contribution in [2.45, 2.75) is 38.1 Å². The first kappa shape index (κ1) is 20.1. The Balaban J connectivity index is 1.35. The summed E-state index contributed by atoms with van der Waals surface area (Å²) in [5, 5.41) is 3.47. The van der Waals surface area contributed by atoms with Crippen LogP contribution in [0, 0.1) is 5.92 Å². The summed E-state index contributed by atoms with van der Waals surface area (Å²) in [6.07, 6.45) is 6.34. The van der Waals surface area contributed by atoms with E-state index in [1.165, 1.54) is 51.9 Å². The summed E-state index contributed by atoms with van der Waals surface area (Å²) in [5.74, 6) is 0.981. The first-order chi connectivity index (χ1) is 12.6. The average molecular weight is 366 g/mol. The predicted octanol–water partition coefficient (Wildman–Crippen LogP) is 0.546. The van der Waals surface area contributed by atoms with Crippen molar-refractivity contribution in [3.63, 3.8) is 0 Å². The third kappa shape index (κ3) is 5.91. The Labute approximate surface area is 159 Å². The molecule has 3 saturated heterocycles. The van der Waals surface area contributed by atoms with Gasteiger partial charge in [-0.3, -0.25) is 9.69 Å². The van der Waals surface area contributed by atoms with Crippen molar-refractivity contribution < 1.29 is 4.79 Å². The number of amides is 1. The Morgan fingerprint density at radius 3 is 2.46 bits per heavy atom. The number of hydrogen-bond acceptors (Lipinski definition) is 5. The smallest absolute Gasteiger partial charge is 0.236 e. The van der Waals surface area contributed by atoms with Crippen LogP contribution in [0.1, 0.15) is 32.1 Å². The molecule has 1 unspecified atom stereocenters. The quantitative estimate of drug-likeness (QED) is 0.771. The highest BCUT2D eigenvalue weighted by molar-refractivity contribution is 5.78. The van der Waals surface area contributed by atoms with Crippen LogP contribution in [0.25, 0.3) is 0 Å². The van der Waals surface area contributed by atoms with Gasteiger partial charge in [-0.15, -0.1) is 0 Å². The molecule has 0 aromatic carbocycles. The van der Waals surface area contributed by atoms with Crippen LogP contribution in [0.15, 0.2) is 0 Å².